The Morgan fingerprint density at radius 1 is 1.00 bits per heavy atom. The summed E-state index contributed by atoms with van der Waals surface area (Å²) in [4.78, 5) is 0. The van der Waals surface area contributed by atoms with Gasteiger partial charge in [-0.2, -0.15) is 0 Å². The van der Waals surface area contributed by atoms with Crippen LogP contribution in [-0.2, 0) is 11.8 Å². The van der Waals surface area contributed by atoms with Crippen molar-refractivity contribution in [2.75, 3.05) is 5.73 Å². The van der Waals surface area contributed by atoms with Crippen molar-refractivity contribution in [1.29, 1.82) is 0 Å². The Balaban J connectivity index is 2.03. The molecule has 93 valence electrons. The van der Waals surface area contributed by atoms with Crippen LogP contribution in [0.4, 0.5) is 5.69 Å². The molecular weight excluding hydrogens is 218 g/mol. The number of benzene rings is 2. The topological polar surface area (TPSA) is 26.0 Å². The summed E-state index contributed by atoms with van der Waals surface area (Å²) < 4.78 is 0. The predicted molar refractivity (Wildman–Crippen MR) is 78.3 cm³/mol. The minimum atomic E-state index is -0.0390. The molecule has 1 radical (unpaired) electrons. The molecule has 0 bridgehead atoms. The molecule has 0 aliphatic heterocycles. The third-order valence-electron chi connectivity index (χ3n) is 3.42. The van der Waals surface area contributed by atoms with Crippen molar-refractivity contribution in [2.45, 2.75) is 25.2 Å². The van der Waals surface area contributed by atoms with Crippen LogP contribution in [0.3, 0.4) is 0 Å². The van der Waals surface area contributed by atoms with Crippen LogP contribution in [0.5, 0.6) is 0 Å². The van der Waals surface area contributed by atoms with Crippen molar-refractivity contribution in [1.82, 2.24) is 0 Å². The Bertz CT molecular complexity index is 483. The molecule has 0 aliphatic carbocycles. The van der Waals surface area contributed by atoms with Gasteiger partial charge in [0.1, 0.15) is 0 Å². The van der Waals surface area contributed by atoms with Gasteiger partial charge in [-0.3, -0.25) is 0 Å². The first kappa shape index (κ1) is 12.7. The summed E-state index contributed by atoms with van der Waals surface area (Å²) in [5, 5.41) is 0. The Kier molecular flexibility index (Phi) is 3.71. The van der Waals surface area contributed by atoms with E-state index in [1.54, 1.807) is 0 Å². The molecule has 0 aromatic heterocycles. The molecule has 0 spiro atoms. The largest absolute Gasteiger partial charge is 0.399 e. The summed E-state index contributed by atoms with van der Waals surface area (Å²) in [7, 11) is 0. The summed E-state index contributed by atoms with van der Waals surface area (Å²) in [5.41, 5.74) is 9.07. The molecule has 1 nitrogen and oxygen atoms in total. The molecule has 0 heterocycles. The first-order chi connectivity index (χ1) is 8.58. The molecule has 2 N–H and O–H groups in total. The van der Waals surface area contributed by atoms with Gasteiger partial charge in [0.2, 0.25) is 0 Å². The fraction of sp³-hybridized carbons (Fsp3) is 0.235. The molecule has 0 unspecified atom stereocenters. The molecule has 0 aliphatic rings. The number of hydrogen-bond acceptors (Lipinski definition) is 1. The van der Waals surface area contributed by atoms with Gasteiger partial charge in [0, 0.05) is 5.69 Å². The molecule has 0 saturated carbocycles. The normalized spacial score (nSPS) is 11.4. The standard InChI is InChI=1S/C17H20N/c1-17(2,15-6-4-3-5-7-15)13-12-14-8-10-16(18)11-9-14/h3-11H,1,12-13,18H2,2H3/t17-/m0/s1. The highest BCUT2D eigenvalue weighted by Crippen LogP contribution is 2.28. The van der Waals surface area contributed by atoms with Crippen LogP contribution in [0, 0.1) is 6.92 Å². The van der Waals surface area contributed by atoms with Gasteiger partial charge < -0.3 is 5.73 Å². The second-order valence-corrected chi connectivity index (χ2v) is 5.17. The van der Waals surface area contributed by atoms with Crippen molar-refractivity contribution < 1.29 is 0 Å². The van der Waals surface area contributed by atoms with E-state index in [0.717, 1.165) is 18.5 Å². The van der Waals surface area contributed by atoms with Crippen molar-refractivity contribution >= 4 is 5.69 Å². The Morgan fingerprint density at radius 2 is 1.61 bits per heavy atom. The van der Waals surface area contributed by atoms with Crippen molar-refractivity contribution in [2.24, 2.45) is 0 Å². The number of hydrogen-bond donors (Lipinski definition) is 1. The first-order valence-corrected chi connectivity index (χ1v) is 6.33. The third kappa shape index (κ3) is 3.13. The molecular formula is C17H20N. The lowest BCUT2D eigenvalue weighted by Crippen LogP contribution is -2.18. The summed E-state index contributed by atoms with van der Waals surface area (Å²) in [6.45, 7) is 6.54. The van der Waals surface area contributed by atoms with Gasteiger partial charge >= 0.3 is 0 Å². The summed E-state index contributed by atoms with van der Waals surface area (Å²) in [6, 6.07) is 18.6. The van der Waals surface area contributed by atoms with Gasteiger partial charge in [-0.1, -0.05) is 49.4 Å². The second-order valence-electron chi connectivity index (χ2n) is 5.17. The fourth-order valence-corrected chi connectivity index (χ4v) is 2.09. The molecule has 18 heavy (non-hydrogen) atoms. The van der Waals surface area contributed by atoms with E-state index in [-0.39, 0.29) is 5.41 Å². The van der Waals surface area contributed by atoms with Gasteiger partial charge in [0.25, 0.3) is 0 Å². The Labute approximate surface area is 110 Å². The van der Waals surface area contributed by atoms with E-state index < -0.39 is 0 Å². The number of aryl methyl sites for hydroxylation is 1. The minimum absolute atomic E-state index is 0.0390. The highest BCUT2D eigenvalue weighted by atomic mass is 14.5. The van der Waals surface area contributed by atoms with Crippen molar-refractivity contribution in [3.8, 4) is 0 Å². The lowest BCUT2D eigenvalue weighted by atomic mass is 9.80. The van der Waals surface area contributed by atoms with Crippen LogP contribution >= 0.6 is 0 Å². The zero-order valence-corrected chi connectivity index (χ0v) is 10.9. The fourth-order valence-electron chi connectivity index (χ4n) is 2.09. The van der Waals surface area contributed by atoms with Crippen LogP contribution in [0.15, 0.2) is 54.6 Å². The molecule has 2 rings (SSSR count). The second kappa shape index (κ2) is 5.26. The van der Waals surface area contributed by atoms with Gasteiger partial charge in [-0.15, -0.1) is 0 Å². The SMILES string of the molecule is [CH2][C@](C)(CCc1ccc(N)cc1)c1ccccc1. The van der Waals surface area contributed by atoms with Crippen LogP contribution in [0.25, 0.3) is 0 Å². The number of rotatable bonds is 4. The van der Waals surface area contributed by atoms with Crippen LogP contribution in [0.2, 0.25) is 0 Å². The summed E-state index contributed by atoms with van der Waals surface area (Å²) in [6.07, 6.45) is 2.05. The maximum Gasteiger partial charge on any atom is 0.0314 e. The summed E-state index contributed by atoms with van der Waals surface area (Å²) in [5.74, 6) is 0. The molecule has 0 amide bonds. The molecule has 1 heteroatoms. The van der Waals surface area contributed by atoms with Gasteiger partial charge in [0.05, 0.1) is 0 Å². The van der Waals surface area contributed by atoms with E-state index in [1.165, 1.54) is 11.1 Å². The molecule has 2 aromatic rings. The highest BCUT2D eigenvalue weighted by Gasteiger charge is 2.19. The van der Waals surface area contributed by atoms with Crippen molar-refractivity contribution in [3.05, 3.63) is 72.6 Å². The zero-order valence-electron chi connectivity index (χ0n) is 10.9. The number of nitrogens with two attached hydrogens (primary N) is 1. The number of anilines is 1. The van der Waals surface area contributed by atoms with E-state index >= 15 is 0 Å². The molecule has 0 fully saturated rings. The minimum Gasteiger partial charge on any atom is -0.399 e. The van der Waals surface area contributed by atoms with Gasteiger partial charge in [-0.25, -0.2) is 0 Å². The van der Waals surface area contributed by atoms with E-state index in [1.807, 2.05) is 18.2 Å². The molecule has 0 saturated heterocycles. The maximum atomic E-state index is 5.69. The number of nitrogen functional groups attached to an aromatic ring is 1. The lowest BCUT2D eigenvalue weighted by molar-refractivity contribution is 0.535. The van der Waals surface area contributed by atoms with Crippen LogP contribution in [-0.4, -0.2) is 0 Å². The predicted octanol–water partition coefficient (Wildman–Crippen LogP) is 3.99. The smallest absolute Gasteiger partial charge is 0.0314 e. The van der Waals surface area contributed by atoms with E-state index in [4.69, 9.17) is 5.73 Å². The maximum absolute atomic E-state index is 5.69. The monoisotopic (exact) mass is 238 g/mol. The zero-order chi connectivity index (χ0) is 13.0. The summed E-state index contributed by atoms with van der Waals surface area (Å²) >= 11 is 0. The Hall–Kier alpha value is -1.76. The average molecular weight is 238 g/mol. The Morgan fingerprint density at radius 3 is 2.22 bits per heavy atom. The van der Waals surface area contributed by atoms with E-state index in [9.17, 15) is 0 Å². The highest BCUT2D eigenvalue weighted by molar-refractivity contribution is 5.39. The van der Waals surface area contributed by atoms with E-state index in [0.29, 0.717) is 0 Å². The van der Waals surface area contributed by atoms with Crippen molar-refractivity contribution in [3.63, 3.8) is 0 Å². The van der Waals surface area contributed by atoms with Gasteiger partial charge in [-0.05, 0) is 48.4 Å². The lowest BCUT2D eigenvalue weighted by Gasteiger charge is -2.25. The molecule has 1 atom stereocenters. The average Bonchev–Trinajstić information content (AvgIpc) is 2.39. The third-order valence-corrected chi connectivity index (χ3v) is 3.42. The quantitative estimate of drug-likeness (QED) is 0.801. The first-order valence-electron chi connectivity index (χ1n) is 6.33. The molecule has 2 aromatic carbocycles. The van der Waals surface area contributed by atoms with Crippen LogP contribution < -0.4 is 5.73 Å². The van der Waals surface area contributed by atoms with Crippen LogP contribution in [0.1, 0.15) is 24.5 Å². The van der Waals surface area contributed by atoms with E-state index in [2.05, 4.69) is 50.2 Å². The van der Waals surface area contributed by atoms with Gasteiger partial charge in [0.15, 0.2) is 0 Å².